The number of esters is 1. The Kier molecular flexibility index (Phi) is 5.04. The van der Waals surface area contributed by atoms with E-state index in [1.807, 2.05) is 4.72 Å². The molecule has 29 heavy (non-hydrogen) atoms. The molecule has 0 bridgehead atoms. The van der Waals surface area contributed by atoms with Crippen LogP contribution in [0.25, 0.3) is 0 Å². The van der Waals surface area contributed by atoms with E-state index in [4.69, 9.17) is 4.74 Å². The number of hydrogen-bond acceptors (Lipinski definition) is 5. The molecule has 152 valence electrons. The zero-order valence-corrected chi connectivity index (χ0v) is 16.9. The molecule has 1 atom stereocenters. The fourth-order valence-corrected chi connectivity index (χ4v) is 5.02. The van der Waals surface area contributed by atoms with Crippen molar-refractivity contribution >= 4 is 27.8 Å². The number of anilines is 1. The number of carbonyl (C=O) groups is 2. The van der Waals surface area contributed by atoms with Crippen molar-refractivity contribution in [1.82, 2.24) is 4.72 Å². The van der Waals surface area contributed by atoms with E-state index < -0.39 is 22.1 Å². The average molecular weight is 414 g/mol. The van der Waals surface area contributed by atoms with Gasteiger partial charge in [-0.15, -0.1) is 0 Å². The molecule has 2 aromatic carbocycles. The van der Waals surface area contributed by atoms with Crippen molar-refractivity contribution < 1.29 is 22.7 Å². The molecule has 1 saturated heterocycles. The summed E-state index contributed by atoms with van der Waals surface area (Å²) in [5.74, 6) is -0.518. The van der Waals surface area contributed by atoms with Crippen molar-refractivity contribution in [2.75, 3.05) is 10.8 Å². The monoisotopic (exact) mass is 414 g/mol. The maximum absolute atomic E-state index is 12.6. The lowest BCUT2D eigenvalue weighted by molar-refractivity contribution is -0.117. The standard InChI is InChI=1S/C21H22N2O5S/c1-2-14-8-9-16-12-19(28-21(25)15-6-4-3-5-7-15)18(11-17(16)10-14)23-13-20(24)22-29(23,26)27/h3-7,11-12,14H,2,8-10,13H2,1H3,(H,22,24)/t14-/m0/s1. The zero-order valence-electron chi connectivity index (χ0n) is 16.1. The van der Waals surface area contributed by atoms with Gasteiger partial charge in [-0.25, -0.2) is 13.8 Å². The first kappa shape index (κ1) is 19.4. The Balaban J connectivity index is 1.77. The smallest absolute Gasteiger partial charge is 0.343 e. The normalized spacial score (nSPS) is 20.1. The number of carbonyl (C=O) groups excluding carboxylic acids is 2. The van der Waals surface area contributed by atoms with Crippen LogP contribution in [0, 0.1) is 5.92 Å². The first-order valence-corrected chi connectivity index (χ1v) is 11.1. The van der Waals surface area contributed by atoms with Crippen LogP contribution in [0.5, 0.6) is 5.75 Å². The lowest BCUT2D eigenvalue weighted by Gasteiger charge is -2.27. The number of aryl methyl sites for hydroxylation is 1. The van der Waals surface area contributed by atoms with E-state index in [1.54, 1.807) is 42.5 Å². The summed E-state index contributed by atoms with van der Waals surface area (Å²) in [4.78, 5) is 24.3. The molecular weight excluding hydrogens is 392 g/mol. The summed E-state index contributed by atoms with van der Waals surface area (Å²) in [7, 11) is -4.02. The average Bonchev–Trinajstić information content (AvgIpc) is 2.99. The Morgan fingerprint density at radius 1 is 1.21 bits per heavy atom. The highest BCUT2D eigenvalue weighted by molar-refractivity contribution is 7.92. The molecule has 1 aliphatic heterocycles. The third-order valence-corrected chi connectivity index (χ3v) is 6.88. The lowest BCUT2D eigenvalue weighted by Crippen LogP contribution is -2.30. The molecule has 1 aliphatic carbocycles. The quantitative estimate of drug-likeness (QED) is 0.613. The molecule has 2 aromatic rings. The van der Waals surface area contributed by atoms with E-state index in [0.29, 0.717) is 11.5 Å². The summed E-state index contributed by atoms with van der Waals surface area (Å²) in [6.07, 6.45) is 3.76. The number of nitrogens with zero attached hydrogens (tertiary/aromatic N) is 1. The Morgan fingerprint density at radius 3 is 2.62 bits per heavy atom. The summed E-state index contributed by atoms with van der Waals surface area (Å²) >= 11 is 0. The van der Waals surface area contributed by atoms with Gasteiger partial charge in [-0.2, -0.15) is 8.42 Å². The molecular formula is C21H22N2O5S. The molecule has 1 fully saturated rings. The van der Waals surface area contributed by atoms with Gasteiger partial charge in [-0.1, -0.05) is 31.5 Å². The summed E-state index contributed by atoms with van der Waals surface area (Å²) in [6, 6.07) is 12.0. The van der Waals surface area contributed by atoms with Crippen molar-refractivity contribution in [2.24, 2.45) is 5.92 Å². The van der Waals surface area contributed by atoms with E-state index in [-0.39, 0.29) is 18.0 Å². The highest BCUT2D eigenvalue weighted by atomic mass is 32.2. The molecule has 7 nitrogen and oxygen atoms in total. The fourth-order valence-electron chi connectivity index (χ4n) is 3.87. The van der Waals surface area contributed by atoms with Crippen LogP contribution < -0.4 is 13.8 Å². The van der Waals surface area contributed by atoms with Gasteiger partial charge in [0.1, 0.15) is 6.54 Å². The second-order valence-electron chi connectivity index (χ2n) is 7.40. The van der Waals surface area contributed by atoms with Crippen LogP contribution >= 0.6 is 0 Å². The SMILES string of the molecule is CC[C@H]1CCc2cc(OC(=O)c3ccccc3)c(N3CC(=O)NS3(=O)=O)cc2C1. The van der Waals surface area contributed by atoms with Gasteiger partial charge in [-0.05, 0) is 60.6 Å². The van der Waals surface area contributed by atoms with Gasteiger partial charge in [-0.3, -0.25) is 4.79 Å². The second-order valence-corrected chi connectivity index (χ2v) is 8.99. The third-order valence-electron chi connectivity index (χ3n) is 5.49. The molecule has 0 aromatic heterocycles. The molecule has 1 heterocycles. The van der Waals surface area contributed by atoms with Crippen molar-refractivity contribution in [1.29, 1.82) is 0 Å². The maximum Gasteiger partial charge on any atom is 0.343 e. The molecule has 0 radical (unpaired) electrons. The second kappa shape index (κ2) is 7.51. The number of fused-ring (bicyclic) bond motifs is 1. The van der Waals surface area contributed by atoms with Gasteiger partial charge < -0.3 is 4.74 Å². The molecule has 8 heteroatoms. The molecule has 1 N–H and O–H groups in total. The molecule has 0 saturated carbocycles. The Labute approximate surface area is 169 Å². The van der Waals surface area contributed by atoms with Gasteiger partial charge in [0, 0.05) is 0 Å². The molecule has 4 rings (SSSR count). The molecule has 0 spiro atoms. The minimum Gasteiger partial charge on any atom is -0.421 e. The number of hydrogen-bond donors (Lipinski definition) is 1. The van der Waals surface area contributed by atoms with Gasteiger partial charge in [0.05, 0.1) is 11.3 Å². The van der Waals surface area contributed by atoms with Crippen molar-refractivity contribution in [3.8, 4) is 5.75 Å². The summed E-state index contributed by atoms with van der Waals surface area (Å²) in [6.45, 7) is 1.80. The lowest BCUT2D eigenvalue weighted by atomic mass is 9.82. The Bertz CT molecular complexity index is 1070. The van der Waals surface area contributed by atoms with E-state index in [2.05, 4.69) is 6.92 Å². The van der Waals surface area contributed by atoms with Crippen LogP contribution in [0.1, 0.15) is 41.3 Å². The van der Waals surface area contributed by atoms with Gasteiger partial charge >= 0.3 is 16.2 Å². The van der Waals surface area contributed by atoms with Crippen LogP contribution in [0.15, 0.2) is 42.5 Å². The zero-order chi connectivity index (χ0) is 20.6. The summed E-state index contributed by atoms with van der Waals surface area (Å²) in [5, 5.41) is 0. The van der Waals surface area contributed by atoms with Crippen LogP contribution in [-0.2, 0) is 27.8 Å². The number of ether oxygens (including phenoxy) is 1. The largest absolute Gasteiger partial charge is 0.421 e. The highest BCUT2D eigenvalue weighted by Gasteiger charge is 2.37. The topological polar surface area (TPSA) is 92.8 Å². The first-order chi connectivity index (χ1) is 13.9. The van der Waals surface area contributed by atoms with Crippen molar-refractivity contribution in [2.45, 2.75) is 32.6 Å². The van der Waals surface area contributed by atoms with Crippen LogP contribution in [0.4, 0.5) is 5.69 Å². The van der Waals surface area contributed by atoms with Gasteiger partial charge in [0.2, 0.25) is 0 Å². The van der Waals surface area contributed by atoms with Gasteiger partial charge in [0.25, 0.3) is 5.91 Å². The van der Waals surface area contributed by atoms with Crippen LogP contribution in [-0.4, -0.2) is 26.8 Å². The minimum atomic E-state index is -4.02. The van der Waals surface area contributed by atoms with Crippen LogP contribution in [0.2, 0.25) is 0 Å². The van der Waals surface area contributed by atoms with Gasteiger partial charge in [0.15, 0.2) is 5.75 Å². The van der Waals surface area contributed by atoms with Crippen molar-refractivity contribution in [3.05, 3.63) is 59.2 Å². The summed E-state index contributed by atoms with van der Waals surface area (Å²) in [5.41, 5.74) is 2.65. The first-order valence-electron chi connectivity index (χ1n) is 9.63. The van der Waals surface area contributed by atoms with Crippen molar-refractivity contribution in [3.63, 3.8) is 0 Å². The van der Waals surface area contributed by atoms with E-state index >= 15 is 0 Å². The Morgan fingerprint density at radius 2 is 1.97 bits per heavy atom. The molecule has 2 aliphatic rings. The number of nitrogens with one attached hydrogen (secondary N) is 1. The summed E-state index contributed by atoms with van der Waals surface area (Å²) < 4.78 is 33.4. The van der Waals surface area contributed by atoms with E-state index in [9.17, 15) is 18.0 Å². The maximum atomic E-state index is 12.6. The highest BCUT2D eigenvalue weighted by Crippen LogP contribution is 2.39. The number of benzene rings is 2. The fraction of sp³-hybridized carbons (Fsp3) is 0.333. The molecule has 1 amide bonds. The minimum absolute atomic E-state index is 0.146. The predicted molar refractivity (Wildman–Crippen MR) is 108 cm³/mol. The Hall–Kier alpha value is -2.87. The number of amides is 1. The van der Waals surface area contributed by atoms with E-state index in [0.717, 1.165) is 41.1 Å². The van der Waals surface area contributed by atoms with E-state index in [1.165, 1.54) is 0 Å². The predicted octanol–water partition coefficient (Wildman–Crippen LogP) is 2.60. The molecule has 0 unspecified atom stereocenters. The third kappa shape index (κ3) is 3.85. The van der Waals surface area contributed by atoms with Crippen LogP contribution in [0.3, 0.4) is 0 Å². The number of rotatable bonds is 4.